The molecule has 0 spiro atoms. The van der Waals surface area contributed by atoms with Crippen molar-refractivity contribution < 1.29 is 14.1 Å². The predicted molar refractivity (Wildman–Crippen MR) is 154 cm³/mol. The molecule has 2 aromatic rings. The molecule has 0 saturated carbocycles. The molecule has 4 nitrogen and oxygen atoms in total. The van der Waals surface area contributed by atoms with E-state index in [1.54, 1.807) is 0 Å². The molecule has 0 saturated heterocycles. The molecule has 5 heteroatoms. The van der Waals surface area contributed by atoms with Gasteiger partial charge in [-0.05, 0) is 93.7 Å². The summed E-state index contributed by atoms with van der Waals surface area (Å²) in [4.78, 5) is 0. The minimum Gasteiger partial charge on any atom is -0.488 e. The molecule has 3 unspecified atom stereocenters. The number of hydrogen-bond acceptors (Lipinski definition) is 3. The topological polar surface area (TPSA) is 58.6 Å². The van der Waals surface area contributed by atoms with Gasteiger partial charge in [-0.2, -0.15) is 0 Å². The Labute approximate surface area is 222 Å². The fourth-order valence-electron chi connectivity index (χ4n) is 4.83. The Kier molecular flexibility index (Phi) is 10.00. The minimum absolute atomic E-state index is 0.106. The van der Waals surface area contributed by atoms with Gasteiger partial charge in [0.25, 0.3) is 0 Å². The molecule has 0 heterocycles. The molecule has 0 aromatic heterocycles. The van der Waals surface area contributed by atoms with Crippen LogP contribution in [0.4, 0.5) is 0 Å². The van der Waals surface area contributed by atoms with Crippen molar-refractivity contribution in [3.05, 3.63) is 64.2 Å². The summed E-state index contributed by atoms with van der Waals surface area (Å²) in [6.45, 7) is 23.3. The quantitative estimate of drug-likeness (QED) is 0.354. The highest BCUT2D eigenvalue weighted by Crippen LogP contribution is 2.41. The Morgan fingerprint density at radius 2 is 1.44 bits per heavy atom. The lowest BCUT2D eigenvalue weighted by molar-refractivity contribution is -0.0234. The van der Waals surface area contributed by atoms with Gasteiger partial charge in [0.05, 0.1) is 21.8 Å². The highest BCUT2D eigenvalue weighted by Gasteiger charge is 2.33. The molecule has 0 amide bonds. The molecule has 202 valence electrons. The first-order valence-electron chi connectivity index (χ1n) is 13.3. The van der Waals surface area contributed by atoms with Crippen molar-refractivity contribution in [2.24, 2.45) is 5.41 Å². The van der Waals surface area contributed by atoms with E-state index in [4.69, 9.17) is 4.74 Å². The first-order valence-corrected chi connectivity index (χ1v) is 14.4. The van der Waals surface area contributed by atoms with Crippen molar-refractivity contribution in [3.63, 3.8) is 0 Å². The third-order valence-electron chi connectivity index (χ3n) is 7.42. The number of aliphatic hydroxyl groups excluding tert-OH is 1. The van der Waals surface area contributed by atoms with Crippen LogP contribution >= 0.6 is 0 Å². The molecule has 0 bridgehead atoms. The first-order chi connectivity index (χ1) is 16.6. The van der Waals surface area contributed by atoms with E-state index in [1.807, 2.05) is 48.5 Å². The van der Waals surface area contributed by atoms with Gasteiger partial charge in [0.1, 0.15) is 11.9 Å². The maximum atomic E-state index is 12.4. The van der Waals surface area contributed by atoms with E-state index in [0.29, 0.717) is 6.54 Å². The Morgan fingerprint density at radius 1 is 0.917 bits per heavy atom. The van der Waals surface area contributed by atoms with Gasteiger partial charge in [-0.1, -0.05) is 65.0 Å². The minimum atomic E-state index is -1.10. The molecule has 3 atom stereocenters. The maximum absolute atomic E-state index is 12.4. The second-order valence-electron chi connectivity index (χ2n) is 12.2. The molecule has 2 aromatic carbocycles. The van der Waals surface area contributed by atoms with Crippen LogP contribution in [0.25, 0.3) is 0 Å². The van der Waals surface area contributed by atoms with Crippen molar-refractivity contribution in [3.8, 4) is 5.75 Å². The molecule has 2 N–H and O–H groups in total. The lowest BCUT2D eigenvalue weighted by atomic mass is 9.70. The highest BCUT2D eigenvalue weighted by molar-refractivity contribution is 7.84. The summed E-state index contributed by atoms with van der Waals surface area (Å²) in [5.74, 6) is 0.820. The SMILES string of the molecule is CCC(CC)(c1ccc(CNS(=O)C(C)(C)C)c(C)c1)c1ccc(OC(C)C(O)C(C)(C)C)c(C)c1. The van der Waals surface area contributed by atoms with Crippen molar-refractivity contribution in [2.75, 3.05) is 0 Å². The molecule has 36 heavy (non-hydrogen) atoms. The van der Waals surface area contributed by atoms with E-state index in [9.17, 15) is 9.32 Å². The van der Waals surface area contributed by atoms with Crippen LogP contribution in [-0.2, 0) is 22.9 Å². The highest BCUT2D eigenvalue weighted by atomic mass is 32.2. The summed E-state index contributed by atoms with van der Waals surface area (Å²) >= 11 is 0. The van der Waals surface area contributed by atoms with Gasteiger partial charge in [0, 0.05) is 12.0 Å². The van der Waals surface area contributed by atoms with E-state index >= 15 is 0 Å². The number of aliphatic hydroxyl groups is 1. The summed E-state index contributed by atoms with van der Waals surface area (Å²) in [7, 11) is -1.10. The van der Waals surface area contributed by atoms with Crippen LogP contribution in [0.3, 0.4) is 0 Å². The summed E-state index contributed by atoms with van der Waals surface area (Å²) in [6, 6.07) is 13.2. The van der Waals surface area contributed by atoms with Gasteiger partial charge in [-0.25, -0.2) is 8.93 Å². The third kappa shape index (κ3) is 6.99. The summed E-state index contributed by atoms with van der Waals surface area (Å²) in [5, 5.41) is 10.6. The van der Waals surface area contributed by atoms with Crippen molar-refractivity contribution in [2.45, 2.75) is 118 Å². The second-order valence-corrected chi connectivity index (χ2v) is 14.3. The smallest absolute Gasteiger partial charge is 0.122 e. The maximum Gasteiger partial charge on any atom is 0.122 e. The number of benzene rings is 2. The van der Waals surface area contributed by atoms with Crippen LogP contribution < -0.4 is 9.46 Å². The van der Waals surface area contributed by atoms with E-state index < -0.39 is 17.1 Å². The van der Waals surface area contributed by atoms with Crippen LogP contribution in [0.5, 0.6) is 5.75 Å². The lowest BCUT2D eigenvalue weighted by Gasteiger charge is -2.35. The standard InChI is InChI=1S/C31H49NO3S/c1-12-31(13-2,25-15-14-24(21(3)18-25)20-32-36(34)30(9,10)11)26-16-17-27(22(4)19-26)35-23(5)28(33)29(6,7)8/h14-19,23,28,32-33H,12-13,20H2,1-11H3. The summed E-state index contributed by atoms with van der Waals surface area (Å²) in [5.41, 5.74) is 5.69. The van der Waals surface area contributed by atoms with E-state index in [0.717, 1.165) is 24.2 Å². The molecule has 2 rings (SSSR count). The summed E-state index contributed by atoms with van der Waals surface area (Å²) < 4.78 is 21.5. The average molecular weight is 516 g/mol. The molecular formula is C31H49NO3S. The molecule has 0 radical (unpaired) electrons. The number of rotatable bonds is 10. The Bertz CT molecular complexity index is 1040. The van der Waals surface area contributed by atoms with E-state index in [-0.39, 0.29) is 21.7 Å². The zero-order valence-electron chi connectivity index (χ0n) is 24.4. The van der Waals surface area contributed by atoms with Gasteiger partial charge in [-0.3, -0.25) is 0 Å². The van der Waals surface area contributed by atoms with Crippen LogP contribution in [-0.4, -0.2) is 26.3 Å². The van der Waals surface area contributed by atoms with Crippen molar-refractivity contribution in [1.82, 2.24) is 4.72 Å². The number of hydrogen-bond donors (Lipinski definition) is 2. The number of nitrogens with one attached hydrogen (secondary N) is 1. The third-order valence-corrected chi connectivity index (χ3v) is 8.94. The molecule has 0 fully saturated rings. The Balaban J connectivity index is 2.34. The second kappa shape index (κ2) is 11.8. The zero-order valence-corrected chi connectivity index (χ0v) is 25.2. The van der Waals surface area contributed by atoms with Crippen LogP contribution in [0.2, 0.25) is 0 Å². The van der Waals surface area contributed by atoms with Gasteiger partial charge in [0.2, 0.25) is 0 Å². The summed E-state index contributed by atoms with van der Waals surface area (Å²) in [6.07, 6.45) is 1.10. The van der Waals surface area contributed by atoms with Crippen LogP contribution in [0, 0.1) is 19.3 Å². The van der Waals surface area contributed by atoms with Crippen molar-refractivity contribution >= 4 is 11.0 Å². The van der Waals surface area contributed by atoms with Crippen LogP contribution in [0.1, 0.15) is 103 Å². The molecule has 0 aliphatic carbocycles. The number of ether oxygens (including phenoxy) is 1. The lowest BCUT2D eigenvalue weighted by Crippen LogP contribution is -2.39. The molecule has 0 aliphatic heterocycles. The normalized spacial score (nSPS) is 15.4. The number of aryl methyl sites for hydroxylation is 2. The first kappa shape index (κ1) is 30.5. The largest absolute Gasteiger partial charge is 0.488 e. The van der Waals surface area contributed by atoms with Crippen molar-refractivity contribution in [1.29, 1.82) is 0 Å². The van der Waals surface area contributed by atoms with E-state index in [1.165, 1.54) is 22.3 Å². The Morgan fingerprint density at radius 3 is 1.89 bits per heavy atom. The fraction of sp³-hybridized carbons (Fsp3) is 0.613. The average Bonchev–Trinajstić information content (AvgIpc) is 2.79. The molecular weight excluding hydrogens is 466 g/mol. The van der Waals surface area contributed by atoms with Crippen LogP contribution in [0.15, 0.2) is 36.4 Å². The molecule has 0 aliphatic rings. The van der Waals surface area contributed by atoms with Gasteiger partial charge in [0.15, 0.2) is 0 Å². The van der Waals surface area contributed by atoms with Gasteiger partial charge in [-0.15, -0.1) is 0 Å². The monoisotopic (exact) mass is 515 g/mol. The Hall–Kier alpha value is -1.69. The van der Waals surface area contributed by atoms with Gasteiger partial charge < -0.3 is 9.84 Å². The predicted octanol–water partition coefficient (Wildman–Crippen LogP) is 7.14. The zero-order chi connectivity index (χ0) is 27.5. The fourth-order valence-corrected chi connectivity index (χ4v) is 5.55. The van der Waals surface area contributed by atoms with Gasteiger partial charge >= 0.3 is 0 Å². The van der Waals surface area contributed by atoms with E-state index in [2.05, 4.69) is 68.8 Å².